The summed E-state index contributed by atoms with van der Waals surface area (Å²) in [5, 5.41) is 10.4. The van der Waals surface area contributed by atoms with Crippen molar-refractivity contribution in [2.45, 2.75) is 32.6 Å². The van der Waals surface area contributed by atoms with Crippen molar-refractivity contribution in [1.29, 1.82) is 0 Å². The van der Waals surface area contributed by atoms with Gasteiger partial charge in [-0.25, -0.2) is 0 Å². The Morgan fingerprint density at radius 3 is 2.54 bits per heavy atom. The second kappa shape index (κ2) is 7.24. The van der Waals surface area contributed by atoms with Gasteiger partial charge in [-0.2, -0.15) is 5.10 Å². The van der Waals surface area contributed by atoms with E-state index in [4.69, 9.17) is 11.6 Å². The SMILES string of the molecule is CC1(C(=O)N2CC(Cc3ccc(Cl)cc3)(C(=O)NCCc3cn[nH]c3)C2)CC1. The molecule has 6 nitrogen and oxygen atoms in total. The normalized spacial score (nSPS) is 19.0. The number of amides is 2. The molecule has 1 aliphatic heterocycles. The maximum Gasteiger partial charge on any atom is 0.230 e. The summed E-state index contributed by atoms with van der Waals surface area (Å²) in [7, 11) is 0. The van der Waals surface area contributed by atoms with E-state index in [0.29, 0.717) is 31.1 Å². The van der Waals surface area contributed by atoms with Gasteiger partial charge in [0.1, 0.15) is 0 Å². The van der Waals surface area contributed by atoms with Gasteiger partial charge in [-0.1, -0.05) is 30.7 Å². The summed E-state index contributed by atoms with van der Waals surface area (Å²) in [6, 6.07) is 7.59. The number of carbonyl (C=O) groups excluding carboxylic acids is 2. The molecule has 2 aromatic rings. The summed E-state index contributed by atoms with van der Waals surface area (Å²) < 4.78 is 0. The summed E-state index contributed by atoms with van der Waals surface area (Å²) in [5.41, 5.74) is 1.33. The predicted octanol–water partition coefficient (Wildman–Crippen LogP) is 2.59. The van der Waals surface area contributed by atoms with Crippen molar-refractivity contribution in [3.05, 3.63) is 52.8 Å². The number of aromatic nitrogens is 2. The van der Waals surface area contributed by atoms with Gasteiger partial charge < -0.3 is 10.2 Å². The number of nitrogens with zero attached hydrogens (tertiary/aromatic N) is 2. The van der Waals surface area contributed by atoms with Gasteiger partial charge in [0.15, 0.2) is 0 Å². The van der Waals surface area contributed by atoms with Gasteiger partial charge >= 0.3 is 0 Å². The quantitative estimate of drug-likeness (QED) is 0.749. The summed E-state index contributed by atoms with van der Waals surface area (Å²) >= 11 is 5.99. The van der Waals surface area contributed by atoms with Crippen LogP contribution in [0, 0.1) is 10.8 Å². The maximum atomic E-state index is 13.1. The third-order valence-electron chi connectivity index (χ3n) is 5.98. The molecule has 0 radical (unpaired) electrons. The molecule has 1 saturated heterocycles. The van der Waals surface area contributed by atoms with Crippen LogP contribution in [-0.2, 0) is 22.4 Å². The smallest absolute Gasteiger partial charge is 0.230 e. The summed E-state index contributed by atoms with van der Waals surface area (Å²) in [4.78, 5) is 27.6. The molecular weight excluding hydrogens is 376 g/mol. The standard InChI is InChI=1S/C21H25ClN4O2/c1-20(7-8-20)19(28)26-13-21(14-26,10-15-2-4-17(22)5-3-15)18(27)23-9-6-16-11-24-25-12-16/h2-5,11-12H,6-10,13-14H2,1H3,(H,23,27)(H,24,25). The number of carbonyl (C=O) groups is 2. The van der Waals surface area contributed by atoms with E-state index >= 15 is 0 Å². The highest BCUT2D eigenvalue weighted by molar-refractivity contribution is 6.30. The Kier molecular flexibility index (Phi) is 4.91. The minimum atomic E-state index is -0.578. The van der Waals surface area contributed by atoms with Crippen molar-refractivity contribution < 1.29 is 9.59 Å². The molecule has 4 rings (SSSR count). The van der Waals surface area contributed by atoms with Crippen LogP contribution in [0.3, 0.4) is 0 Å². The Hall–Kier alpha value is -2.34. The van der Waals surface area contributed by atoms with Gasteiger partial charge in [-0.15, -0.1) is 0 Å². The number of rotatable bonds is 7. The zero-order valence-electron chi connectivity index (χ0n) is 16.0. The topological polar surface area (TPSA) is 78.1 Å². The Bertz CT molecular complexity index is 853. The summed E-state index contributed by atoms with van der Waals surface area (Å²) in [5.74, 6) is 0.196. The number of nitrogens with one attached hydrogen (secondary N) is 2. The monoisotopic (exact) mass is 400 g/mol. The number of halogens is 1. The van der Waals surface area contributed by atoms with Crippen LogP contribution < -0.4 is 5.32 Å². The molecule has 1 aromatic carbocycles. The van der Waals surface area contributed by atoms with E-state index in [2.05, 4.69) is 15.5 Å². The van der Waals surface area contributed by atoms with Crippen LogP contribution in [-0.4, -0.2) is 46.5 Å². The third kappa shape index (κ3) is 3.78. The lowest BCUT2D eigenvalue weighted by molar-refractivity contribution is -0.157. The molecular formula is C21H25ClN4O2. The number of H-pyrrole nitrogens is 1. The zero-order valence-corrected chi connectivity index (χ0v) is 16.8. The molecule has 7 heteroatoms. The molecule has 2 amide bonds. The molecule has 2 N–H and O–H groups in total. The number of hydrogen-bond donors (Lipinski definition) is 2. The van der Waals surface area contributed by atoms with Crippen LogP contribution in [0.2, 0.25) is 5.02 Å². The van der Waals surface area contributed by atoms with Crippen molar-refractivity contribution in [3.63, 3.8) is 0 Å². The second-order valence-electron chi connectivity index (χ2n) is 8.42. The second-order valence-corrected chi connectivity index (χ2v) is 8.85. The fraction of sp³-hybridized carbons (Fsp3) is 0.476. The Labute approximate surface area is 169 Å². The molecule has 1 aromatic heterocycles. The Balaban J connectivity index is 1.43. The lowest BCUT2D eigenvalue weighted by atomic mass is 9.73. The minimum Gasteiger partial charge on any atom is -0.355 e. The highest BCUT2D eigenvalue weighted by Gasteiger charge is 2.56. The van der Waals surface area contributed by atoms with E-state index in [-0.39, 0.29) is 17.2 Å². The van der Waals surface area contributed by atoms with Crippen molar-refractivity contribution in [3.8, 4) is 0 Å². The van der Waals surface area contributed by atoms with Crippen molar-refractivity contribution in [2.24, 2.45) is 10.8 Å². The largest absolute Gasteiger partial charge is 0.355 e. The number of benzene rings is 1. The van der Waals surface area contributed by atoms with Gasteiger partial charge in [0, 0.05) is 36.3 Å². The molecule has 0 bridgehead atoms. The van der Waals surface area contributed by atoms with E-state index in [1.165, 1.54) is 0 Å². The van der Waals surface area contributed by atoms with E-state index < -0.39 is 5.41 Å². The molecule has 0 atom stereocenters. The van der Waals surface area contributed by atoms with Crippen molar-refractivity contribution >= 4 is 23.4 Å². The van der Waals surface area contributed by atoms with E-state index in [0.717, 1.165) is 30.4 Å². The molecule has 28 heavy (non-hydrogen) atoms. The van der Waals surface area contributed by atoms with E-state index in [1.807, 2.05) is 42.3 Å². The first-order chi connectivity index (χ1) is 13.4. The first-order valence-electron chi connectivity index (χ1n) is 9.70. The molecule has 2 heterocycles. The highest BCUT2D eigenvalue weighted by atomic mass is 35.5. The van der Waals surface area contributed by atoms with Gasteiger partial charge in [0.05, 0.1) is 11.6 Å². The van der Waals surface area contributed by atoms with Crippen LogP contribution in [0.15, 0.2) is 36.7 Å². The highest BCUT2D eigenvalue weighted by Crippen LogP contribution is 2.49. The average Bonchev–Trinajstić information content (AvgIpc) is 3.19. The summed E-state index contributed by atoms with van der Waals surface area (Å²) in [6.07, 6.45) is 6.81. The first-order valence-corrected chi connectivity index (χ1v) is 10.1. The van der Waals surface area contributed by atoms with E-state index in [9.17, 15) is 9.59 Å². The molecule has 0 spiro atoms. The molecule has 1 aliphatic carbocycles. The lowest BCUT2D eigenvalue weighted by Crippen LogP contribution is -2.66. The number of hydrogen-bond acceptors (Lipinski definition) is 3. The number of aromatic amines is 1. The van der Waals surface area contributed by atoms with Crippen LogP contribution in [0.4, 0.5) is 0 Å². The zero-order chi connectivity index (χ0) is 19.8. The van der Waals surface area contributed by atoms with Gasteiger partial charge in [0.25, 0.3) is 0 Å². The number of likely N-dealkylation sites (tertiary alicyclic amines) is 1. The van der Waals surface area contributed by atoms with Gasteiger partial charge in [-0.3, -0.25) is 14.7 Å². The maximum absolute atomic E-state index is 13.1. The molecule has 2 aliphatic rings. The molecule has 2 fully saturated rings. The van der Waals surface area contributed by atoms with Crippen LogP contribution in [0.25, 0.3) is 0 Å². The van der Waals surface area contributed by atoms with Crippen molar-refractivity contribution in [2.75, 3.05) is 19.6 Å². The van der Waals surface area contributed by atoms with Crippen LogP contribution >= 0.6 is 11.6 Å². The minimum absolute atomic E-state index is 0.0101. The fourth-order valence-electron chi connectivity index (χ4n) is 3.86. The fourth-order valence-corrected chi connectivity index (χ4v) is 3.99. The third-order valence-corrected chi connectivity index (χ3v) is 6.23. The average molecular weight is 401 g/mol. The summed E-state index contributed by atoms with van der Waals surface area (Å²) in [6.45, 7) is 3.51. The first kappa shape index (κ1) is 19.0. The van der Waals surface area contributed by atoms with Gasteiger partial charge in [-0.05, 0) is 48.9 Å². The molecule has 1 saturated carbocycles. The predicted molar refractivity (Wildman–Crippen MR) is 107 cm³/mol. The van der Waals surface area contributed by atoms with E-state index in [1.54, 1.807) is 6.20 Å². The van der Waals surface area contributed by atoms with Gasteiger partial charge in [0.2, 0.25) is 11.8 Å². The lowest BCUT2D eigenvalue weighted by Gasteiger charge is -2.50. The van der Waals surface area contributed by atoms with Crippen LogP contribution in [0.5, 0.6) is 0 Å². The Morgan fingerprint density at radius 1 is 1.21 bits per heavy atom. The molecule has 0 unspecified atom stereocenters. The van der Waals surface area contributed by atoms with Crippen LogP contribution in [0.1, 0.15) is 30.9 Å². The molecule has 148 valence electrons. The Morgan fingerprint density at radius 2 is 1.93 bits per heavy atom. The van der Waals surface area contributed by atoms with Crippen molar-refractivity contribution in [1.82, 2.24) is 20.4 Å².